The van der Waals surface area contributed by atoms with Gasteiger partial charge in [0.1, 0.15) is 17.2 Å². The second-order valence-corrected chi connectivity index (χ2v) is 9.62. The van der Waals surface area contributed by atoms with Gasteiger partial charge in [-0.05, 0) is 92.0 Å². The number of fused-ring (bicyclic) bond motifs is 5. The van der Waals surface area contributed by atoms with Crippen LogP contribution in [0.25, 0.3) is 0 Å². The quantitative estimate of drug-likeness (QED) is 0.367. The van der Waals surface area contributed by atoms with Crippen LogP contribution in [-0.2, 0) is 20.7 Å². The van der Waals surface area contributed by atoms with Crippen molar-refractivity contribution in [2.24, 2.45) is 17.3 Å². The van der Waals surface area contributed by atoms with Crippen LogP contribution in [0.15, 0.2) is 12.1 Å². The van der Waals surface area contributed by atoms with Crippen LogP contribution < -0.4 is 4.74 Å². The van der Waals surface area contributed by atoms with Crippen molar-refractivity contribution < 1.29 is 19.1 Å². The van der Waals surface area contributed by atoms with Crippen molar-refractivity contribution in [1.29, 1.82) is 0 Å². The van der Waals surface area contributed by atoms with Gasteiger partial charge in [0, 0.05) is 12.3 Å². The fourth-order valence-corrected chi connectivity index (χ4v) is 6.64. The summed E-state index contributed by atoms with van der Waals surface area (Å²) in [5.74, 6) is 2.09. The zero-order valence-corrected chi connectivity index (χ0v) is 18.5. The van der Waals surface area contributed by atoms with Crippen molar-refractivity contribution in [3.05, 3.63) is 28.8 Å². The Bertz CT molecular complexity index is 804. The summed E-state index contributed by atoms with van der Waals surface area (Å²) in [5, 5.41) is 0.271. The number of aryl methyl sites for hydroxylation is 2. The monoisotopic (exact) mass is 448 g/mol. The predicted octanol–water partition coefficient (Wildman–Crippen LogP) is 5.08. The Hall–Kier alpha value is -1.36. The molecule has 0 heterocycles. The Morgan fingerprint density at radius 2 is 2.00 bits per heavy atom. The van der Waals surface area contributed by atoms with E-state index >= 15 is 0 Å². The molecule has 4 rings (SSSR count). The Balaban J connectivity index is 1.60. The molecule has 0 saturated heterocycles. The molecule has 3 aliphatic carbocycles. The first-order valence-electron chi connectivity index (χ1n) is 10.4. The highest BCUT2D eigenvalue weighted by atomic mass is 79.9. The molecule has 2 saturated carbocycles. The molecule has 1 aromatic carbocycles. The third-order valence-electron chi connectivity index (χ3n) is 7.56. The Morgan fingerprint density at radius 1 is 1.21 bits per heavy atom. The number of ether oxygens (including phenoxy) is 2. The van der Waals surface area contributed by atoms with Crippen molar-refractivity contribution >= 4 is 27.9 Å². The number of halogens is 1. The molecule has 4 nitrogen and oxygen atoms in total. The lowest BCUT2D eigenvalue weighted by atomic mass is 9.55. The van der Waals surface area contributed by atoms with Gasteiger partial charge in [-0.15, -0.1) is 0 Å². The Morgan fingerprint density at radius 3 is 2.71 bits per heavy atom. The zero-order valence-electron chi connectivity index (χ0n) is 16.9. The molecular weight excluding hydrogens is 420 g/mol. The van der Waals surface area contributed by atoms with Gasteiger partial charge < -0.3 is 9.47 Å². The van der Waals surface area contributed by atoms with Crippen molar-refractivity contribution in [3.8, 4) is 5.75 Å². The number of esters is 2. The van der Waals surface area contributed by atoms with Crippen LogP contribution in [-0.4, -0.2) is 23.4 Å². The Labute approximate surface area is 175 Å². The van der Waals surface area contributed by atoms with Crippen molar-refractivity contribution in [2.75, 3.05) is 5.33 Å². The van der Waals surface area contributed by atoms with Crippen LogP contribution in [0.3, 0.4) is 0 Å². The predicted molar refractivity (Wildman–Crippen MR) is 111 cm³/mol. The number of hydrogen-bond acceptors (Lipinski definition) is 4. The first-order valence-corrected chi connectivity index (χ1v) is 11.5. The maximum atomic E-state index is 11.9. The summed E-state index contributed by atoms with van der Waals surface area (Å²) in [5.41, 5.74) is 4.17. The average molecular weight is 449 g/mol. The molecule has 0 radical (unpaired) electrons. The second-order valence-electron chi connectivity index (χ2n) is 9.06. The standard InChI is InChI=1S/C23H29BrO4/c1-13-10-16(27-14(2)25)11-15-4-5-17-18(22(13)15)8-9-23(3)19(17)6-7-20(23)28-21(26)12-24/h10-11,17-20H,4-9,12H2,1-3H3/t17-,18+,19+,20+,23+/m1/s1. The largest absolute Gasteiger partial charge is 0.461 e. The second kappa shape index (κ2) is 7.47. The highest BCUT2D eigenvalue weighted by Crippen LogP contribution is 2.62. The summed E-state index contributed by atoms with van der Waals surface area (Å²) in [6.45, 7) is 5.95. The van der Waals surface area contributed by atoms with Crippen LogP contribution in [0.5, 0.6) is 5.75 Å². The minimum Gasteiger partial charge on any atom is -0.461 e. The first-order chi connectivity index (χ1) is 13.3. The topological polar surface area (TPSA) is 52.6 Å². The smallest absolute Gasteiger partial charge is 0.316 e. The molecule has 0 N–H and O–H groups in total. The lowest BCUT2D eigenvalue weighted by molar-refractivity contribution is -0.154. The minimum absolute atomic E-state index is 0.0531. The molecule has 0 unspecified atom stereocenters. The number of hydrogen-bond donors (Lipinski definition) is 0. The summed E-state index contributed by atoms with van der Waals surface area (Å²) < 4.78 is 11.2. The van der Waals surface area contributed by atoms with Gasteiger partial charge in [0.15, 0.2) is 0 Å². The van der Waals surface area contributed by atoms with Gasteiger partial charge in [0.2, 0.25) is 0 Å². The highest BCUT2D eigenvalue weighted by Gasteiger charge is 2.56. The fraction of sp³-hybridized carbons (Fsp3) is 0.652. The van der Waals surface area contributed by atoms with E-state index < -0.39 is 0 Å². The molecule has 152 valence electrons. The molecule has 3 aliphatic rings. The summed E-state index contributed by atoms with van der Waals surface area (Å²) in [7, 11) is 0. The number of benzene rings is 1. The van der Waals surface area contributed by atoms with E-state index in [9.17, 15) is 9.59 Å². The van der Waals surface area contributed by atoms with E-state index in [-0.39, 0.29) is 28.8 Å². The van der Waals surface area contributed by atoms with E-state index in [1.165, 1.54) is 30.0 Å². The molecule has 28 heavy (non-hydrogen) atoms. The molecule has 0 aliphatic heterocycles. The molecule has 1 aromatic rings. The van der Waals surface area contributed by atoms with E-state index in [0.29, 0.717) is 23.5 Å². The summed E-state index contributed by atoms with van der Waals surface area (Å²) in [4.78, 5) is 23.2. The van der Waals surface area contributed by atoms with Crippen LogP contribution >= 0.6 is 15.9 Å². The fourth-order valence-electron chi connectivity index (χ4n) is 6.50. The van der Waals surface area contributed by atoms with Gasteiger partial charge in [-0.25, -0.2) is 0 Å². The summed E-state index contributed by atoms with van der Waals surface area (Å²) >= 11 is 3.22. The van der Waals surface area contributed by atoms with Gasteiger partial charge in [-0.1, -0.05) is 22.9 Å². The number of carbonyl (C=O) groups excluding carboxylic acids is 2. The van der Waals surface area contributed by atoms with Gasteiger partial charge in [0.25, 0.3) is 0 Å². The molecule has 0 spiro atoms. The van der Waals surface area contributed by atoms with E-state index in [1.54, 1.807) is 0 Å². The molecule has 0 amide bonds. The summed E-state index contributed by atoms with van der Waals surface area (Å²) in [6.07, 6.45) is 6.63. The molecule has 5 atom stereocenters. The van der Waals surface area contributed by atoms with Gasteiger partial charge in [-0.2, -0.15) is 0 Å². The SMILES string of the molecule is CC(=O)Oc1cc(C)c2c(c1)CC[C@@H]1[C@@H]2CC[C@]2(C)[C@@H](OC(=O)CBr)CC[C@@H]12. The zero-order chi connectivity index (χ0) is 20.1. The van der Waals surface area contributed by atoms with Crippen LogP contribution in [0.2, 0.25) is 0 Å². The average Bonchev–Trinajstić information content (AvgIpc) is 2.97. The van der Waals surface area contributed by atoms with Crippen molar-refractivity contribution in [3.63, 3.8) is 0 Å². The van der Waals surface area contributed by atoms with Crippen molar-refractivity contribution in [1.82, 2.24) is 0 Å². The third-order valence-corrected chi connectivity index (χ3v) is 8.02. The molecule has 0 aromatic heterocycles. The van der Waals surface area contributed by atoms with Crippen LogP contribution in [0.4, 0.5) is 0 Å². The molecule has 0 bridgehead atoms. The van der Waals surface area contributed by atoms with E-state index in [1.807, 2.05) is 6.07 Å². The molecular formula is C23H29BrO4. The lowest BCUT2D eigenvalue weighted by Gasteiger charge is -2.50. The number of carbonyl (C=O) groups is 2. The number of alkyl halides is 1. The first kappa shape index (κ1) is 19.9. The van der Waals surface area contributed by atoms with Crippen LogP contribution in [0.1, 0.15) is 68.6 Å². The maximum absolute atomic E-state index is 11.9. The number of rotatable bonds is 3. The van der Waals surface area contributed by atoms with E-state index in [0.717, 1.165) is 32.1 Å². The van der Waals surface area contributed by atoms with Gasteiger partial charge >= 0.3 is 11.9 Å². The lowest BCUT2D eigenvalue weighted by Crippen LogP contribution is -2.45. The van der Waals surface area contributed by atoms with E-state index in [2.05, 4.69) is 35.8 Å². The Kier molecular flexibility index (Phi) is 5.32. The normalized spacial score (nSPS) is 33.4. The van der Waals surface area contributed by atoms with E-state index in [4.69, 9.17) is 9.47 Å². The molecule has 2 fully saturated rings. The van der Waals surface area contributed by atoms with Gasteiger partial charge in [0.05, 0.1) is 0 Å². The van der Waals surface area contributed by atoms with Crippen LogP contribution in [0, 0.1) is 24.2 Å². The molecule has 5 heteroatoms. The highest BCUT2D eigenvalue weighted by molar-refractivity contribution is 9.09. The minimum atomic E-state index is -0.267. The van der Waals surface area contributed by atoms with Gasteiger partial charge in [-0.3, -0.25) is 9.59 Å². The maximum Gasteiger partial charge on any atom is 0.316 e. The third kappa shape index (κ3) is 3.30. The summed E-state index contributed by atoms with van der Waals surface area (Å²) in [6, 6.07) is 4.09. The van der Waals surface area contributed by atoms with Crippen molar-refractivity contribution in [2.45, 2.75) is 71.3 Å².